The van der Waals surface area contributed by atoms with Crippen molar-refractivity contribution in [2.75, 3.05) is 71.0 Å². The Labute approximate surface area is 709 Å². The zero-order chi connectivity index (χ0) is 88.9. The van der Waals surface area contributed by atoms with Crippen molar-refractivity contribution in [3.63, 3.8) is 0 Å². The summed E-state index contributed by atoms with van der Waals surface area (Å²) < 4.78 is 29.1. The molecule has 650 valence electrons. The first-order chi connectivity index (χ1) is 56.1. The number of nitrogens with zero attached hydrogens (tertiary/aromatic N) is 8. The highest BCUT2D eigenvalue weighted by molar-refractivity contribution is 6.61. The standard InChI is InChI=1S/C20H22N2O4.C10H18O5.2C9H11BN2O3.C8H8N2O2.C8H6N2O2.C7H5ClO2.C6H15N.C6H16Si.CH4/c1-20(2,3)26-19(24)22-13-12-15-16(10-7-11-17(15)22)21-18(23)25-14-8-5-4-6-9-14;1-9(2,3)14-7(11)13-8(12)15-10(4,5)6;2*1-10(13)11-6-5-7-8(11)3-2-4-9(7)12(14)15;2*11-10(12)8-3-1-2-7-6(8)4-5-9-7;8-7(9)10-6-4-2-1-3-5-6;2*1-4-7(5-2)6-3;/h4-11H,12-13H2,1-3H3,(H,21,23);1-6H3;2*2-4,13H,5-6H2,1H3;1-3,9H,4-5H2;1-5,9H;1-5H;4-6H2,1-3H3;7H,4-6H2,1-3H3;1H4. The lowest BCUT2D eigenvalue weighted by Gasteiger charge is -2.24. The molecule has 4 aliphatic heterocycles. The number of hydrogen-bond donors (Lipinski definition) is 5. The van der Waals surface area contributed by atoms with Crippen molar-refractivity contribution < 1.29 is 82.1 Å². The highest BCUT2D eigenvalue weighted by atomic mass is 35.5. The number of H-pyrrole nitrogens is 1. The highest BCUT2D eigenvalue weighted by Crippen LogP contribution is 2.38. The molecule has 36 heteroatoms. The van der Waals surface area contributed by atoms with Gasteiger partial charge in [-0.25, -0.2) is 24.0 Å². The van der Waals surface area contributed by atoms with Crippen LogP contribution in [0, 0.1) is 40.5 Å². The molecular weight excluding hydrogens is 1580 g/mol. The lowest BCUT2D eigenvalue weighted by Crippen LogP contribution is -2.35. The number of carbonyl (C=O) groups excluding carboxylic acids is 5. The summed E-state index contributed by atoms with van der Waals surface area (Å²) in [6.07, 6.45) is 1.25. The molecule has 0 spiro atoms. The van der Waals surface area contributed by atoms with Crippen molar-refractivity contribution >= 4 is 127 Å². The number of nitrogens with one attached hydrogen (secondary N) is 3. The fraction of sp³-hybridized carbons (Fsp3) is 0.417. The van der Waals surface area contributed by atoms with Crippen LogP contribution in [0.15, 0.2) is 164 Å². The van der Waals surface area contributed by atoms with Crippen LogP contribution >= 0.6 is 11.6 Å². The maximum Gasteiger partial charge on any atom is 0.519 e. The van der Waals surface area contributed by atoms with Gasteiger partial charge in [0, 0.05) is 105 Å². The molecule has 2 amide bonds. The molecule has 5 heterocycles. The number of aromatic nitrogens is 1. The smallest absolute Gasteiger partial charge is 0.443 e. The van der Waals surface area contributed by atoms with Crippen LogP contribution in [-0.2, 0) is 44.6 Å². The number of fused-ring (bicyclic) bond motifs is 5. The van der Waals surface area contributed by atoms with E-state index in [-0.39, 0.29) is 64.8 Å². The van der Waals surface area contributed by atoms with Gasteiger partial charge in [-0.2, -0.15) is 0 Å². The van der Waals surface area contributed by atoms with E-state index in [4.69, 9.17) is 30.5 Å². The van der Waals surface area contributed by atoms with Crippen molar-refractivity contribution in [1.82, 2.24) is 9.88 Å². The van der Waals surface area contributed by atoms with Gasteiger partial charge in [0.2, 0.25) is 0 Å². The number of anilines is 5. The Bertz CT molecular complexity index is 4490. The SMILES string of the molecule is C.CB(O)N1CCc2c1cccc2[N+](=O)[O-].CB(O)N1CCc2c1cccc2[N+](=O)[O-].CC(C)(C)OC(=O)N1CCc2c(NC(=O)Oc3ccccc3)cccc21.CC(C)(C)OC(=O)OC(=O)OC(C)(C)C.CCN(CC)CC.CC[SiH](CC)CC.O=C(Cl)Oc1ccccc1.O=[N+]([O-])c1cccc2[nH]ccc12.O=[N+]([O-])c1cccc2c1CCN2. The molecule has 0 saturated heterocycles. The van der Waals surface area contributed by atoms with Gasteiger partial charge in [0.1, 0.15) is 28.3 Å². The summed E-state index contributed by atoms with van der Waals surface area (Å²) in [5.74, 6) is 0.926. The molecule has 8 aromatic rings. The van der Waals surface area contributed by atoms with E-state index in [0.29, 0.717) is 61.5 Å². The number of benzene rings is 7. The second-order valence-electron chi connectivity index (χ2n) is 29.8. The third-order valence-corrected chi connectivity index (χ3v) is 21.5. The predicted octanol–water partition coefficient (Wildman–Crippen LogP) is 19.9. The number of amides is 2. The fourth-order valence-electron chi connectivity index (χ4n) is 12.2. The van der Waals surface area contributed by atoms with Crippen LogP contribution in [0.25, 0.3) is 10.9 Å². The van der Waals surface area contributed by atoms with Crippen molar-refractivity contribution in [1.29, 1.82) is 0 Å². The molecule has 1 aromatic heterocycles. The molecule has 0 bridgehead atoms. The molecule has 7 aromatic carbocycles. The average Bonchev–Trinajstić information content (AvgIpc) is 1.65. The Balaban J connectivity index is 0.000000358. The minimum absolute atomic E-state index is 0. The number of halogens is 1. The third-order valence-electron chi connectivity index (χ3n) is 18.0. The van der Waals surface area contributed by atoms with E-state index in [0.717, 1.165) is 63.5 Å². The molecule has 0 fully saturated rings. The zero-order valence-electron chi connectivity index (χ0n) is 70.8. The summed E-state index contributed by atoms with van der Waals surface area (Å²) >= 11 is 4.95. The first kappa shape index (κ1) is 103. The molecule has 4 aliphatic rings. The van der Waals surface area contributed by atoms with Gasteiger partial charge < -0.3 is 63.3 Å². The molecular formula is C84H116B2ClN11O21Si. The van der Waals surface area contributed by atoms with Crippen molar-refractivity contribution in [3.8, 4) is 11.5 Å². The lowest BCUT2D eigenvalue weighted by molar-refractivity contribution is -0.385. The molecule has 0 saturated carbocycles. The molecule has 0 radical (unpaired) electrons. The van der Waals surface area contributed by atoms with E-state index < -0.39 is 54.7 Å². The van der Waals surface area contributed by atoms with Crippen LogP contribution in [0.4, 0.5) is 75.2 Å². The molecule has 0 aliphatic carbocycles. The number of para-hydroxylation sites is 2. The molecule has 12 rings (SSSR count). The molecule has 0 atom stereocenters. The Morgan fingerprint density at radius 2 is 0.917 bits per heavy atom. The molecule has 0 unspecified atom stereocenters. The summed E-state index contributed by atoms with van der Waals surface area (Å²) in [5, 5.41) is 68.0. The summed E-state index contributed by atoms with van der Waals surface area (Å²) in [4.78, 5) is 108. The quantitative estimate of drug-likeness (QED) is 0.0121. The molecule has 32 nitrogen and oxygen atoms in total. The molecule has 5 N–H and O–H groups in total. The van der Waals surface area contributed by atoms with Crippen LogP contribution in [0.3, 0.4) is 0 Å². The van der Waals surface area contributed by atoms with Crippen molar-refractivity contribution in [2.24, 2.45) is 0 Å². The van der Waals surface area contributed by atoms with Crippen molar-refractivity contribution in [2.45, 2.75) is 186 Å². The van der Waals surface area contributed by atoms with Crippen LogP contribution in [0.5, 0.6) is 11.5 Å². The van der Waals surface area contributed by atoms with Crippen LogP contribution in [0.2, 0.25) is 31.8 Å². The van der Waals surface area contributed by atoms with Gasteiger partial charge in [-0.15, -0.1) is 0 Å². The van der Waals surface area contributed by atoms with E-state index >= 15 is 0 Å². The first-order valence-electron chi connectivity index (χ1n) is 39.2. The van der Waals surface area contributed by atoms with Gasteiger partial charge in [-0.1, -0.05) is 134 Å². The number of aromatic amines is 1. The van der Waals surface area contributed by atoms with Crippen LogP contribution < -0.4 is 34.6 Å². The van der Waals surface area contributed by atoms with Crippen LogP contribution in [-0.4, -0.2) is 155 Å². The normalized spacial score (nSPS) is 12.1. The maximum atomic E-state index is 12.4. The second-order valence-corrected chi connectivity index (χ2v) is 34.3. The van der Waals surface area contributed by atoms with Gasteiger partial charge in [0.15, 0.2) is 0 Å². The van der Waals surface area contributed by atoms with E-state index in [1.54, 1.807) is 173 Å². The summed E-state index contributed by atoms with van der Waals surface area (Å²) in [6, 6.07) is 49.1. The monoisotopic (exact) mass is 1700 g/mol. The second kappa shape index (κ2) is 50.3. The van der Waals surface area contributed by atoms with Gasteiger partial charge in [-0.3, -0.25) is 50.7 Å². The topological polar surface area (TPSA) is 407 Å². The predicted molar refractivity (Wildman–Crippen MR) is 477 cm³/mol. The Morgan fingerprint density at radius 3 is 1.32 bits per heavy atom. The van der Waals surface area contributed by atoms with Crippen LogP contribution in [0.1, 0.15) is 134 Å². The minimum atomic E-state index is -1.06. The van der Waals surface area contributed by atoms with Crippen molar-refractivity contribution in [3.05, 3.63) is 227 Å². The largest absolute Gasteiger partial charge is 0.519 e. The Kier molecular flexibility index (Phi) is 43.0. The number of nitro groups is 4. The molecule has 120 heavy (non-hydrogen) atoms. The lowest BCUT2D eigenvalue weighted by atomic mass is 9.85. The van der Waals surface area contributed by atoms with Gasteiger partial charge in [0.05, 0.1) is 53.0 Å². The summed E-state index contributed by atoms with van der Waals surface area (Å²) in [5.41, 5.74) is 5.73. The maximum absolute atomic E-state index is 12.4. The number of ether oxygens (including phenoxy) is 6. The average molecular weight is 1700 g/mol. The fourth-order valence-corrected chi connectivity index (χ4v) is 14.1. The van der Waals surface area contributed by atoms with E-state index in [2.05, 4.69) is 71.5 Å². The Morgan fingerprint density at radius 1 is 0.508 bits per heavy atom. The highest BCUT2D eigenvalue weighted by Gasteiger charge is 2.34. The van der Waals surface area contributed by atoms with E-state index in [1.807, 2.05) is 63.2 Å². The summed E-state index contributed by atoms with van der Waals surface area (Å²) in [7, 11) is -1.38. The summed E-state index contributed by atoms with van der Waals surface area (Å²) in [6.45, 7) is 38.5. The zero-order valence-corrected chi connectivity index (χ0v) is 72.7. The number of non-ortho nitro benzene ring substituents is 1. The van der Waals surface area contributed by atoms with Gasteiger partial charge >= 0.3 is 44.0 Å². The van der Waals surface area contributed by atoms with E-state index in [9.17, 15) is 74.5 Å². The van der Waals surface area contributed by atoms with E-state index in [1.165, 1.54) is 56.0 Å². The minimum Gasteiger partial charge on any atom is -0.443 e. The first-order valence-corrected chi connectivity index (χ1v) is 42.0. The van der Waals surface area contributed by atoms with Gasteiger partial charge in [0.25, 0.3) is 22.7 Å². The number of nitro benzene ring substituents is 4. The Hall–Kier alpha value is -11.7. The number of hydrogen-bond acceptors (Lipinski definition) is 25. The van der Waals surface area contributed by atoms with Gasteiger partial charge in [-0.05, 0) is 188 Å². The third kappa shape index (κ3) is 34.7. The number of carbonyl (C=O) groups is 5. The number of rotatable bonds is 15.